The van der Waals surface area contributed by atoms with Crippen molar-refractivity contribution in [3.63, 3.8) is 0 Å². The summed E-state index contributed by atoms with van der Waals surface area (Å²) in [6.45, 7) is 4.51. The number of nitrogens with one attached hydrogen (secondary N) is 1. The van der Waals surface area contributed by atoms with E-state index in [1.165, 1.54) is 30.5 Å². The molecule has 0 bridgehead atoms. The molecule has 0 amide bonds. The number of pyridine rings is 1. The van der Waals surface area contributed by atoms with Crippen LogP contribution in [0, 0.1) is 0 Å². The Balaban J connectivity index is 0.00000128. The minimum absolute atomic E-state index is 0. The third-order valence-corrected chi connectivity index (χ3v) is 3.16. The van der Waals surface area contributed by atoms with Crippen molar-refractivity contribution in [2.75, 3.05) is 13.1 Å². The zero-order chi connectivity index (χ0) is 10.5. The number of aryl methyl sites for hydroxylation is 1. The molecule has 0 aliphatic carbocycles. The molecule has 0 unspecified atom stereocenters. The lowest BCUT2D eigenvalue weighted by molar-refractivity contribution is 0.459. The Morgan fingerprint density at radius 1 is 1.31 bits per heavy atom. The highest BCUT2D eigenvalue weighted by Gasteiger charge is 2.14. The second-order valence-electron chi connectivity index (χ2n) is 4.36. The summed E-state index contributed by atoms with van der Waals surface area (Å²) in [5.41, 5.74) is 2.66. The molecule has 16 heavy (non-hydrogen) atoms. The predicted molar refractivity (Wildman–Crippen MR) is 70.3 cm³/mol. The van der Waals surface area contributed by atoms with E-state index < -0.39 is 0 Å². The Kier molecular flexibility index (Phi) is 5.78. The monoisotopic (exact) mass is 240 g/mol. The van der Waals surface area contributed by atoms with Gasteiger partial charge in [0.1, 0.15) is 0 Å². The average molecular weight is 241 g/mol. The van der Waals surface area contributed by atoms with E-state index in [0.29, 0.717) is 0 Å². The Bertz CT molecular complexity index is 291. The van der Waals surface area contributed by atoms with E-state index in [0.717, 1.165) is 25.4 Å². The predicted octanol–water partition coefficient (Wildman–Crippen LogP) is 2.92. The quantitative estimate of drug-likeness (QED) is 0.879. The first-order valence-electron chi connectivity index (χ1n) is 6.05. The second-order valence-corrected chi connectivity index (χ2v) is 4.36. The van der Waals surface area contributed by atoms with Crippen LogP contribution < -0.4 is 5.32 Å². The first-order valence-corrected chi connectivity index (χ1v) is 6.05. The lowest BCUT2D eigenvalue weighted by Crippen LogP contribution is -2.26. The maximum Gasteiger partial charge on any atom is 0.0403 e. The Morgan fingerprint density at radius 2 is 2.06 bits per heavy atom. The van der Waals surface area contributed by atoms with Gasteiger partial charge in [-0.1, -0.05) is 19.4 Å². The molecule has 0 radical (unpaired) electrons. The van der Waals surface area contributed by atoms with Gasteiger partial charge in [-0.05, 0) is 49.9 Å². The molecule has 1 aliphatic rings. The third kappa shape index (κ3) is 3.46. The highest BCUT2D eigenvalue weighted by molar-refractivity contribution is 5.85. The van der Waals surface area contributed by atoms with Gasteiger partial charge in [-0.3, -0.25) is 4.98 Å². The molecule has 90 valence electrons. The van der Waals surface area contributed by atoms with Crippen molar-refractivity contribution in [1.82, 2.24) is 10.3 Å². The maximum absolute atomic E-state index is 4.52. The number of rotatable bonds is 3. The summed E-state index contributed by atoms with van der Waals surface area (Å²) in [5, 5.41) is 3.40. The standard InChI is InChI=1S/C13H20N2.ClH/c1-2-3-13-5-4-12(10-15-13)11-6-8-14-9-7-11;/h4-5,10-11,14H,2-3,6-9H2,1H3;1H. The number of halogens is 1. The Labute approximate surface area is 104 Å². The zero-order valence-corrected chi connectivity index (χ0v) is 10.7. The van der Waals surface area contributed by atoms with Crippen LogP contribution >= 0.6 is 12.4 Å². The summed E-state index contributed by atoms with van der Waals surface area (Å²) in [7, 11) is 0. The lowest BCUT2D eigenvalue weighted by atomic mass is 9.91. The maximum atomic E-state index is 4.52. The minimum atomic E-state index is 0. The molecule has 0 spiro atoms. The van der Waals surface area contributed by atoms with Crippen LogP contribution in [0.25, 0.3) is 0 Å². The molecule has 2 rings (SSSR count). The van der Waals surface area contributed by atoms with Gasteiger partial charge in [0.2, 0.25) is 0 Å². The van der Waals surface area contributed by atoms with Crippen LogP contribution in [0.5, 0.6) is 0 Å². The molecule has 1 saturated heterocycles. The summed E-state index contributed by atoms with van der Waals surface area (Å²) in [4.78, 5) is 4.52. The van der Waals surface area contributed by atoms with Gasteiger partial charge in [0, 0.05) is 11.9 Å². The molecule has 2 nitrogen and oxygen atoms in total. The largest absolute Gasteiger partial charge is 0.317 e. The van der Waals surface area contributed by atoms with E-state index in [4.69, 9.17) is 0 Å². The van der Waals surface area contributed by atoms with E-state index in [9.17, 15) is 0 Å². The zero-order valence-electron chi connectivity index (χ0n) is 9.91. The fraction of sp³-hybridized carbons (Fsp3) is 0.615. The number of hydrogen-bond acceptors (Lipinski definition) is 2. The van der Waals surface area contributed by atoms with Gasteiger partial charge >= 0.3 is 0 Å². The van der Waals surface area contributed by atoms with Gasteiger partial charge < -0.3 is 5.32 Å². The molecule has 1 N–H and O–H groups in total. The topological polar surface area (TPSA) is 24.9 Å². The molecule has 1 aromatic heterocycles. The molecule has 1 aliphatic heterocycles. The molecular formula is C13H21ClN2. The van der Waals surface area contributed by atoms with Crippen LogP contribution in [0.3, 0.4) is 0 Å². The van der Waals surface area contributed by atoms with Gasteiger partial charge in [-0.25, -0.2) is 0 Å². The summed E-state index contributed by atoms with van der Waals surface area (Å²) in [6.07, 6.45) is 6.89. The fourth-order valence-corrected chi connectivity index (χ4v) is 2.24. The molecular weight excluding hydrogens is 220 g/mol. The van der Waals surface area contributed by atoms with Crippen molar-refractivity contribution in [2.24, 2.45) is 0 Å². The van der Waals surface area contributed by atoms with E-state index in [-0.39, 0.29) is 12.4 Å². The van der Waals surface area contributed by atoms with Crippen molar-refractivity contribution >= 4 is 12.4 Å². The van der Waals surface area contributed by atoms with Crippen LogP contribution in [-0.2, 0) is 6.42 Å². The third-order valence-electron chi connectivity index (χ3n) is 3.16. The van der Waals surface area contributed by atoms with Gasteiger partial charge in [0.05, 0.1) is 0 Å². The van der Waals surface area contributed by atoms with Crippen molar-refractivity contribution in [3.8, 4) is 0 Å². The van der Waals surface area contributed by atoms with Gasteiger partial charge in [-0.2, -0.15) is 0 Å². The van der Waals surface area contributed by atoms with Crippen molar-refractivity contribution in [1.29, 1.82) is 0 Å². The highest BCUT2D eigenvalue weighted by atomic mass is 35.5. The number of hydrogen-bond donors (Lipinski definition) is 1. The smallest absolute Gasteiger partial charge is 0.0403 e. The molecule has 2 heterocycles. The molecule has 0 aromatic carbocycles. The van der Waals surface area contributed by atoms with Crippen LogP contribution in [0.15, 0.2) is 18.3 Å². The first kappa shape index (κ1) is 13.5. The molecule has 1 aromatic rings. The number of nitrogens with zero attached hydrogens (tertiary/aromatic N) is 1. The van der Waals surface area contributed by atoms with Crippen molar-refractivity contribution < 1.29 is 0 Å². The summed E-state index contributed by atoms with van der Waals surface area (Å²) in [6, 6.07) is 4.47. The molecule has 1 fully saturated rings. The lowest BCUT2D eigenvalue weighted by Gasteiger charge is -2.22. The fourth-order valence-electron chi connectivity index (χ4n) is 2.24. The molecule has 0 saturated carbocycles. The van der Waals surface area contributed by atoms with Crippen LogP contribution in [0.1, 0.15) is 43.4 Å². The van der Waals surface area contributed by atoms with Gasteiger partial charge in [0.15, 0.2) is 0 Å². The van der Waals surface area contributed by atoms with Gasteiger partial charge in [0.25, 0.3) is 0 Å². The first-order chi connectivity index (χ1) is 7.40. The molecule has 0 atom stereocenters. The Hall–Kier alpha value is -0.600. The SMILES string of the molecule is CCCc1ccc(C2CCNCC2)cn1.Cl. The van der Waals surface area contributed by atoms with E-state index >= 15 is 0 Å². The van der Waals surface area contributed by atoms with Crippen LogP contribution in [-0.4, -0.2) is 18.1 Å². The summed E-state index contributed by atoms with van der Waals surface area (Å²) in [5.74, 6) is 0.731. The summed E-state index contributed by atoms with van der Waals surface area (Å²) < 4.78 is 0. The second kappa shape index (κ2) is 6.87. The van der Waals surface area contributed by atoms with Crippen molar-refractivity contribution in [2.45, 2.75) is 38.5 Å². The molecule has 3 heteroatoms. The summed E-state index contributed by atoms with van der Waals surface area (Å²) >= 11 is 0. The number of piperidine rings is 1. The van der Waals surface area contributed by atoms with E-state index in [1.807, 2.05) is 0 Å². The highest BCUT2D eigenvalue weighted by Crippen LogP contribution is 2.24. The Morgan fingerprint density at radius 3 is 2.62 bits per heavy atom. The normalized spacial score (nSPS) is 16.8. The van der Waals surface area contributed by atoms with Gasteiger partial charge in [-0.15, -0.1) is 12.4 Å². The number of aromatic nitrogens is 1. The van der Waals surface area contributed by atoms with Crippen LogP contribution in [0.2, 0.25) is 0 Å². The average Bonchev–Trinajstić information content (AvgIpc) is 2.32. The van der Waals surface area contributed by atoms with Crippen molar-refractivity contribution in [3.05, 3.63) is 29.6 Å². The van der Waals surface area contributed by atoms with E-state index in [2.05, 4.69) is 35.6 Å². The van der Waals surface area contributed by atoms with Crippen LogP contribution in [0.4, 0.5) is 0 Å². The minimum Gasteiger partial charge on any atom is -0.317 e. The van der Waals surface area contributed by atoms with E-state index in [1.54, 1.807) is 0 Å².